The lowest BCUT2D eigenvalue weighted by Crippen LogP contribution is -2.07. The number of methoxy groups -OCH3 is 1. The van der Waals surface area contributed by atoms with Crippen molar-refractivity contribution in [2.75, 3.05) is 7.11 Å². The van der Waals surface area contributed by atoms with Crippen LogP contribution in [0.5, 0.6) is 0 Å². The fraction of sp³-hybridized carbons (Fsp3) is 0.444. The molecule has 0 bridgehead atoms. The molecule has 0 aromatic carbocycles. The van der Waals surface area contributed by atoms with E-state index in [2.05, 4.69) is 10.1 Å². The molecule has 0 amide bonds. The molecule has 0 saturated carbocycles. The zero-order chi connectivity index (χ0) is 11.7. The van der Waals surface area contributed by atoms with Gasteiger partial charge in [-0.15, -0.1) is 0 Å². The highest BCUT2D eigenvalue weighted by atomic mass is 32.1. The van der Waals surface area contributed by atoms with Crippen LogP contribution in [-0.4, -0.2) is 32.8 Å². The van der Waals surface area contributed by atoms with Crippen molar-refractivity contribution in [3.63, 3.8) is 0 Å². The summed E-state index contributed by atoms with van der Waals surface area (Å²) in [6, 6.07) is 0. The molecule has 0 aliphatic heterocycles. The first-order valence-electron chi connectivity index (χ1n) is 4.77. The monoisotopic (exact) mass is 241 g/mol. The maximum Gasteiger partial charge on any atom is 0.356 e. The van der Waals surface area contributed by atoms with Gasteiger partial charge in [-0.25, -0.2) is 9.78 Å². The van der Waals surface area contributed by atoms with Gasteiger partial charge in [0.05, 0.1) is 6.61 Å². The third-order valence-corrected chi connectivity index (χ3v) is 3.16. The van der Waals surface area contributed by atoms with Crippen molar-refractivity contribution in [2.45, 2.75) is 20.0 Å². The van der Waals surface area contributed by atoms with Crippen LogP contribution in [0.25, 0.3) is 4.96 Å². The Hall–Kier alpha value is -1.47. The molecule has 16 heavy (non-hydrogen) atoms. The van der Waals surface area contributed by atoms with Crippen molar-refractivity contribution in [1.82, 2.24) is 14.6 Å². The summed E-state index contributed by atoms with van der Waals surface area (Å²) in [6.45, 7) is 2.15. The number of carboxylic acid groups (broad SMARTS) is 1. The number of aromatic carboxylic acids is 1. The second-order valence-corrected chi connectivity index (χ2v) is 4.23. The predicted octanol–water partition coefficient (Wildman–Crippen LogP) is 1.20. The Balaban J connectivity index is 2.61. The Labute approximate surface area is 95.5 Å². The molecule has 7 heteroatoms. The molecular weight excluding hydrogens is 230 g/mol. The molecule has 0 aliphatic carbocycles. The lowest BCUT2D eigenvalue weighted by molar-refractivity contribution is 0.0682. The van der Waals surface area contributed by atoms with E-state index in [0.717, 1.165) is 11.4 Å². The summed E-state index contributed by atoms with van der Waals surface area (Å²) in [6.07, 6.45) is 0.771. The molecule has 6 nitrogen and oxygen atoms in total. The van der Waals surface area contributed by atoms with E-state index < -0.39 is 5.97 Å². The van der Waals surface area contributed by atoms with Crippen LogP contribution >= 0.6 is 11.3 Å². The van der Waals surface area contributed by atoms with E-state index in [1.165, 1.54) is 23.0 Å². The standard InChI is InChI=1S/C9H11N3O3S/c1-3-6-11-12-7(8(13)14)5(4-15-2)10-9(12)16-6/h3-4H2,1-2H3,(H,13,14). The van der Waals surface area contributed by atoms with Crippen molar-refractivity contribution in [3.8, 4) is 0 Å². The van der Waals surface area contributed by atoms with Crippen molar-refractivity contribution in [1.29, 1.82) is 0 Å². The van der Waals surface area contributed by atoms with E-state index in [-0.39, 0.29) is 12.3 Å². The molecule has 0 unspecified atom stereocenters. The summed E-state index contributed by atoms with van der Waals surface area (Å²) in [5, 5.41) is 14.2. The normalized spacial score (nSPS) is 11.1. The van der Waals surface area contributed by atoms with Gasteiger partial charge in [0, 0.05) is 7.11 Å². The van der Waals surface area contributed by atoms with Crippen LogP contribution in [0.3, 0.4) is 0 Å². The molecule has 1 N–H and O–H groups in total. The minimum atomic E-state index is -1.03. The molecule has 0 fully saturated rings. The molecular formula is C9H11N3O3S. The van der Waals surface area contributed by atoms with Crippen molar-refractivity contribution >= 4 is 22.3 Å². The molecule has 2 rings (SSSR count). The highest BCUT2D eigenvalue weighted by Crippen LogP contribution is 2.19. The first kappa shape index (κ1) is 11.0. The maximum absolute atomic E-state index is 11.1. The van der Waals surface area contributed by atoms with Crippen molar-refractivity contribution < 1.29 is 14.6 Å². The highest BCUT2D eigenvalue weighted by molar-refractivity contribution is 7.16. The summed E-state index contributed by atoms with van der Waals surface area (Å²) >= 11 is 1.40. The van der Waals surface area contributed by atoms with Crippen LogP contribution < -0.4 is 0 Å². The molecule has 2 heterocycles. The number of hydrogen-bond donors (Lipinski definition) is 1. The van der Waals surface area contributed by atoms with E-state index >= 15 is 0 Å². The maximum atomic E-state index is 11.1. The van der Waals surface area contributed by atoms with Gasteiger partial charge >= 0.3 is 5.97 Å². The third kappa shape index (κ3) is 1.68. The molecule has 0 radical (unpaired) electrons. The highest BCUT2D eigenvalue weighted by Gasteiger charge is 2.21. The van der Waals surface area contributed by atoms with Crippen LogP contribution in [0.2, 0.25) is 0 Å². The summed E-state index contributed by atoms with van der Waals surface area (Å²) in [4.78, 5) is 15.9. The molecule has 0 spiro atoms. The van der Waals surface area contributed by atoms with Gasteiger partial charge in [0.25, 0.3) is 0 Å². The van der Waals surface area contributed by atoms with Gasteiger partial charge in [-0.3, -0.25) is 0 Å². The Morgan fingerprint density at radius 3 is 2.94 bits per heavy atom. The number of hydrogen-bond acceptors (Lipinski definition) is 5. The Morgan fingerprint density at radius 1 is 1.62 bits per heavy atom. The Kier molecular flexibility index (Phi) is 2.88. The second-order valence-electron chi connectivity index (χ2n) is 3.19. The minimum Gasteiger partial charge on any atom is -0.476 e. The lowest BCUT2D eigenvalue weighted by atomic mass is 10.3. The minimum absolute atomic E-state index is 0.0906. The number of carboxylic acids is 1. The largest absolute Gasteiger partial charge is 0.476 e. The quantitative estimate of drug-likeness (QED) is 0.870. The van der Waals surface area contributed by atoms with Gasteiger partial charge in [0.2, 0.25) is 4.96 Å². The first-order chi connectivity index (χ1) is 7.67. The van der Waals surface area contributed by atoms with Crippen LogP contribution in [0.15, 0.2) is 0 Å². The lowest BCUT2D eigenvalue weighted by Gasteiger charge is -1.96. The van der Waals surface area contributed by atoms with E-state index in [4.69, 9.17) is 9.84 Å². The average molecular weight is 241 g/mol. The number of nitrogens with zero attached hydrogens (tertiary/aromatic N) is 3. The Bertz CT molecular complexity index is 531. The van der Waals surface area contributed by atoms with Crippen LogP contribution in [0.1, 0.15) is 28.1 Å². The topological polar surface area (TPSA) is 76.7 Å². The molecule has 2 aromatic heterocycles. The zero-order valence-corrected chi connectivity index (χ0v) is 9.74. The number of ether oxygens (including phenoxy) is 1. The summed E-state index contributed by atoms with van der Waals surface area (Å²) in [7, 11) is 1.50. The van der Waals surface area contributed by atoms with E-state index in [1.807, 2.05) is 6.92 Å². The van der Waals surface area contributed by atoms with E-state index in [9.17, 15) is 4.79 Å². The fourth-order valence-corrected chi connectivity index (χ4v) is 2.28. The summed E-state index contributed by atoms with van der Waals surface area (Å²) < 4.78 is 6.29. The Morgan fingerprint density at radius 2 is 2.38 bits per heavy atom. The first-order valence-corrected chi connectivity index (χ1v) is 5.58. The van der Waals surface area contributed by atoms with E-state index in [0.29, 0.717) is 10.7 Å². The fourth-order valence-electron chi connectivity index (χ4n) is 1.42. The predicted molar refractivity (Wildman–Crippen MR) is 57.9 cm³/mol. The third-order valence-electron chi connectivity index (χ3n) is 2.10. The molecule has 0 atom stereocenters. The number of rotatable bonds is 4. The molecule has 0 aliphatic rings. The van der Waals surface area contributed by atoms with Crippen LogP contribution in [-0.2, 0) is 17.8 Å². The number of carbonyl (C=O) groups is 1. The summed E-state index contributed by atoms with van der Waals surface area (Å²) in [5.74, 6) is -1.03. The van der Waals surface area contributed by atoms with Crippen molar-refractivity contribution in [3.05, 3.63) is 16.4 Å². The smallest absolute Gasteiger partial charge is 0.356 e. The summed E-state index contributed by atoms with van der Waals surface area (Å²) in [5.41, 5.74) is 0.504. The van der Waals surface area contributed by atoms with Gasteiger partial charge in [-0.05, 0) is 6.42 Å². The number of imidazole rings is 1. The van der Waals surface area contributed by atoms with Crippen molar-refractivity contribution in [2.24, 2.45) is 0 Å². The SMILES string of the molecule is CCc1nn2c(C(=O)O)c(COC)nc2s1. The number of aryl methyl sites for hydroxylation is 1. The van der Waals surface area contributed by atoms with Crippen LogP contribution in [0.4, 0.5) is 0 Å². The average Bonchev–Trinajstić information content (AvgIpc) is 2.73. The van der Waals surface area contributed by atoms with Gasteiger partial charge in [-0.1, -0.05) is 18.3 Å². The number of aromatic nitrogens is 3. The molecule has 0 saturated heterocycles. The molecule has 86 valence electrons. The molecule has 2 aromatic rings. The van der Waals surface area contributed by atoms with Gasteiger partial charge in [0.15, 0.2) is 5.69 Å². The number of fused-ring (bicyclic) bond motifs is 1. The van der Waals surface area contributed by atoms with Crippen LogP contribution in [0, 0.1) is 0 Å². The second kappa shape index (κ2) is 4.18. The van der Waals surface area contributed by atoms with E-state index in [1.54, 1.807) is 0 Å². The van der Waals surface area contributed by atoms with Gasteiger partial charge in [0.1, 0.15) is 10.7 Å². The van der Waals surface area contributed by atoms with Gasteiger partial charge in [-0.2, -0.15) is 9.61 Å². The zero-order valence-electron chi connectivity index (χ0n) is 8.93. The van der Waals surface area contributed by atoms with Gasteiger partial charge < -0.3 is 9.84 Å².